The summed E-state index contributed by atoms with van der Waals surface area (Å²) in [6.07, 6.45) is 5.14. The van der Waals surface area contributed by atoms with E-state index in [1.165, 1.54) is 13.2 Å². The maximum absolute atomic E-state index is 13.8. The van der Waals surface area contributed by atoms with Crippen LogP contribution >= 0.6 is 0 Å². The Bertz CT molecular complexity index is 1240. The molecule has 3 aromatic rings. The Balaban J connectivity index is 1.37. The Labute approximate surface area is 207 Å². The molecule has 4 rings (SSSR count). The summed E-state index contributed by atoms with van der Waals surface area (Å²) >= 11 is 0. The summed E-state index contributed by atoms with van der Waals surface area (Å²) < 4.78 is 38.3. The molecular weight excluding hydrogens is 470 g/mol. The summed E-state index contributed by atoms with van der Waals surface area (Å²) in [7, 11) is 1.51. The SMILES string of the molecule is COc1ccc2nccc(NC(=O)[C@@H]3CC[C@@H](NC/C=C/c4cc(F)ccc4F)[C@@H](CCO)O3)c2n1. The highest BCUT2D eigenvalue weighted by Crippen LogP contribution is 2.26. The van der Waals surface area contributed by atoms with Gasteiger partial charge in [-0.3, -0.25) is 9.78 Å². The van der Waals surface area contributed by atoms with Crippen LogP contribution in [-0.4, -0.2) is 59.5 Å². The number of aliphatic hydroxyl groups is 1. The van der Waals surface area contributed by atoms with Crippen molar-refractivity contribution in [3.8, 4) is 5.88 Å². The monoisotopic (exact) mass is 498 g/mol. The lowest BCUT2D eigenvalue weighted by molar-refractivity contribution is -0.139. The molecule has 3 atom stereocenters. The van der Waals surface area contributed by atoms with Crippen molar-refractivity contribution in [1.29, 1.82) is 0 Å². The van der Waals surface area contributed by atoms with Crippen LogP contribution in [0.4, 0.5) is 14.5 Å². The number of amides is 1. The summed E-state index contributed by atoms with van der Waals surface area (Å²) in [5, 5.41) is 15.7. The molecule has 3 heterocycles. The number of hydrogen-bond acceptors (Lipinski definition) is 7. The Kier molecular flexibility index (Phi) is 8.52. The zero-order valence-electron chi connectivity index (χ0n) is 19.8. The molecule has 0 saturated carbocycles. The summed E-state index contributed by atoms with van der Waals surface area (Å²) in [4.78, 5) is 21.7. The zero-order chi connectivity index (χ0) is 25.5. The van der Waals surface area contributed by atoms with E-state index in [-0.39, 0.29) is 24.1 Å². The third-order valence-corrected chi connectivity index (χ3v) is 6.01. The van der Waals surface area contributed by atoms with Gasteiger partial charge in [0, 0.05) is 37.0 Å². The number of anilines is 1. The lowest BCUT2D eigenvalue weighted by Crippen LogP contribution is -2.50. The van der Waals surface area contributed by atoms with E-state index in [1.807, 2.05) is 0 Å². The second kappa shape index (κ2) is 12.0. The summed E-state index contributed by atoms with van der Waals surface area (Å²) in [6, 6.07) is 8.29. The van der Waals surface area contributed by atoms with Gasteiger partial charge in [0.2, 0.25) is 5.88 Å². The van der Waals surface area contributed by atoms with Gasteiger partial charge >= 0.3 is 0 Å². The van der Waals surface area contributed by atoms with Crippen molar-refractivity contribution in [2.45, 2.75) is 37.5 Å². The summed E-state index contributed by atoms with van der Waals surface area (Å²) in [5.41, 5.74) is 1.79. The molecule has 0 bridgehead atoms. The average Bonchev–Trinajstić information content (AvgIpc) is 2.89. The minimum atomic E-state index is -0.703. The Hall–Kier alpha value is -3.47. The number of aliphatic hydroxyl groups excluding tert-OH is 1. The largest absolute Gasteiger partial charge is 0.481 e. The van der Waals surface area contributed by atoms with Crippen LogP contribution in [0.2, 0.25) is 0 Å². The molecule has 1 amide bonds. The van der Waals surface area contributed by atoms with Crippen LogP contribution in [0.5, 0.6) is 5.88 Å². The van der Waals surface area contributed by atoms with Crippen molar-refractivity contribution in [2.75, 3.05) is 25.6 Å². The highest BCUT2D eigenvalue weighted by molar-refractivity contribution is 6.01. The van der Waals surface area contributed by atoms with Gasteiger partial charge in [-0.25, -0.2) is 13.8 Å². The van der Waals surface area contributed by atoms with Gasteiger partial charge in [0.25, 0.3) is 5.91 Å². The molecule has 190 valence electrons. The molecule has 3 N–H and O–H groups in total. The highest BCUT2D eigenvalue weighted by Gasteiger charge is 2.34. The molecule has 8 nitrogen and oxygen atoms in total. The fourth-order valence-electron chi connectivity index (χ4n) is 4.20. The van der Waals surface area contributed by atoms with Gasteiger partial charge in [0.05, 0.1) is 24.4 Å². The molecule has 10 heteroatoms. The first-order valence-electron chi connectivity index (χ1n) is 11.7. The van der Waals surface area contributed by atoms with E-state index < -0.39 is 23.8 Å². The van der Waals surface area contributed by atoms with Gasteiger partial charge in [-0.1, -0.05) is 12.2 Å². The predicted octanol–water partition coefficient (Wildman–Crippen LogP) is 3.46. The minimum Gasteiger partial charge on any atom is -0.481 e. The number of benzene rings is 1. The van der Waals surface area contributed by atoms with Crippen LogP contribution in [0.3, 0.4) is 0 Å². The third-order valence-electron chi connectivity index (χ3n) is 6.01. The number of methoxy groups -OCH3 is 1. The summed E-state index contributed by atoms with van der Waals surface area (Å²) in [6.45, 7) is 0.291. The van der Waals surface area contributed by atoms with Gasteiger partial charge in [-0.2, -0.15) is 0 Å². The molecule has 1 aliphatic rings. The molecule has 36 heavy (non-hydrogen) atoms. The molecule has 1 saturated heterocycles. The van der Waals surface area contributed by atoms with E-state index in [0.29, 0.717) is 48.4 Å². The molecule has 0 spiro atoms. The van der Waals surface area contributed by atoms with Gasteiger partial charge in [0.1, 0.15) is 23.3 Å². The van der Waals surface area contributed by atoms with Crippen molar-refractivity contribution in [2.24, 2.45) is 0 Å². The number of rotatable bonds is 9. The number of nitrogens with one attached hydrogen (secondary N) is 2. The standard InChI is InChI=1S/C26H28F2N4O4/c1-35-24-9-7-20-25(32-24)21(10-13-30-20)31-26(34)23-8-6-19(22(36-23)11-14-33)29-12-2-3-16-15-17(27)4-5-18(16)28/h2-5,7,9-10,13,15,19,22-23,29,33H,6,8,11-12,14H2,1H3,(H,30,31,34)/b3-2+/t19-,22-,23+/m1/s1. The van der Waals surface area contributed by atoms with Crippen molar-refractivity contribution in [1.82, 2.24) is 15.3 Å². The van der Waals surface area contributed by atoms with E-state index in [9.17, 15) is 18.7 Å². The Morgan fingerprint density at radius 3 is 2.92 bits per heavy atom. The van der Waals surface area contributed by atoms with Gasteiger partial charge < -0.3 is 25.2 Å². The normalized spacial score (nSPS) is 20.1. The van der Waals surface area contributed by atoms with E-state index in [0.717, 1.165) is 18.2 Å². The first-order chi connectivity index (χ1) is 17.5. The predicted molar refractivity (Wildman–Crippen MR) is 132 cm³/mol. The Morgan fingerprint density at radius 2 is 2.11 bits per heavy atom. The average molecular weight is 499 g/mol. The third kappa shape index (κ3) is 6.20. The number of pyridine rings is 2. The van der Waals surface area contributed by atoms with E-state index in [4.69, 9.17) is 9.47 Å². The number of nitrogens with zero attached hydrogens (tertiary/aromatic N) is 2. The minimum absolute atomic E-state index is 0.0970. The summed E-state index contributed by atoms with van der Waals surface area (Å²) in [5.74, 6) is -0.913. The second-order valence-electron chi connectivity index (χ2n) is 8.40. The fraction of sp³-hybridized carbons (Fsp3) is 0.346. The molecule has 0 aliphatic carbocycles. The van der Waals surface area contributed by atoms with Crippen molar-refractivity contribution in [3.05, 3.63) is 65.9 Å². The molecular formula is C26H28F2N4O4. The van der Waals surface area contributed by atoms with E-state index >= 15 is 0 Å². The van der Waals surface area contributed by atoms with E-state index in [1.54, 1.807) is 30.5 Å². The second-order valence-corrected chi connectivity index (χ2v) is 8.40. The number of halogens is 2. The molecule has 2 aromatic heterocycles. The number of fused-ring (bicyclic) bond motifs is 1. The lowest BCUT2D eigenvalue weighted by Gasteiger charge is -2.36. The molecule has 1 fully saturated rings. The Morgan fingerprint density at radius 1 is 1.25 bits per heavy atom. The van der Waals surface area contributed by atoms with Crippen LogP contribution < -0.4 is 15.4 Å². The molecule has 1 aromatic carbocycles. The van der Waals surface area contributed by atoms with Crippen molar-refractivity contribution < 1.29 is 28.2 Å². The molecule has 0 radical (unpaired) electrons. The van der Waals surface area contributed by atoms with Crippen molar-refractivity contribution in [3.63, 3.8) is 0 Å². The van der Waals surface area contributed by atoms with Crippen LogP contribution in [0, 0.1) is 11.6 Å². The molecule has 1 aliphatic heterocycles. The first kappa shape index (κ1) is 25.6. The van der Waals surface area contributed by atoms with Crippen molar-refractivity contribution >= 4 is 28.7 Å². The number of carbonyl (C=O) groups excluding carboxylic acids is 1. The lowest BCUT2D eigenvalue weighted by atomic mass is 9.96. The van der Waals surface area contributed by atoms with Gasteiger partial charge in [-0.15, -0.1) is 0 Å². The van der Waals surface area contributed by atoms with E-state index in [2.05, 4.69) is 20.6 Å². The van der Waals surface area contributed by atoms with Crippen LogP contribution in [-0.2, 0) is 9.53 Å². The van der Waals surface area contributed by atoms with Crippen LogP contribution in [0.1, 0.15) is 24.8 Å². The number of ether oxygens (including phenoxy) is 2. The van der Waals surface area contributed by atoms with Gasteiger partial charge in [-0.05, 0) is 49.6 Å². The van der Waals surface area contributed by atoms with Crippen LogP contribution in [0.25, 0.3) is 17.1 Å². The zero-order valence-corrected chi connectivity index (χ0v) is 19.8. The number of aromatic nitrogens is 2. The molecule has 0 unspecified atom stereocenters. The number of hydrogen-bond donors (Lipinski definition) is 3. The highest BCUT2D eigenvalue weighted by atomic mass is 19.1. The maximum Gasteiger partial charge on any atom is 0.253 e. The van der Waals surface area contributed by atoms with Crippen LogP contribution in [0.15, 0.2) is 48.7 Å². The first-order valence-corrected chi connectivity index (χ1v) is 11.7. The quantitative estimate of drug-likeness (QED) is 0.415. The maximum atomic E-state index is 13.8. The fourth-order valence-corrected chi connectivity index (χ4v) is 4.20. The topological polar surface area (TPSA) is 106 Å². The smallest absolute Gasteiger partial charge is 0.253 e. The number of carbonyl (C=O) groups is 1. The van der Waals surface area contributed by atoms with Gasteiger partial charge in [0.15, 0.2) is 0 Å².